The number of rotatable bonds is 3. The third-order valence-corrected chi connectivity index (χ3v) is 7.59. The van der Waals surface area contributed by atoms with Crippen molar-refractivity contribution in [1.29, 1.82) is 0 Å². The summed E-state index contributed by atoms with van der Waals surface area (Å²) in [4.78, 5) is 20.5. The standard InChI is InChI=1S/C21H23N3O3/c1-27-14-2-3-16-12(8-14)9-15-18(22-16)21-11-20(21)6-4-13(5-7-25)24(20)10-17(21)23-19(15)26/h2-3,8-9,13,17,25H,4-7,10-11H2,1H3,(H,23,26)/t13-,17-,20?,21+/m0/s1. The van der Waals surface area contributed by atoms with Gasteiger partial charge in [0.05, 0.1) is 35.3 Å². The van der Waals surface area contributed by atoms with Crippen LogP contribution >= 0.6 is 0 Å². The summed E-state index contributed by atoms with van der Waals surface area (Å²) >= 11 is 0. The second-order valence-corrected chi connectivity index (χ2v) is 8.51. The molecule has 4 heterocycles. The lowest BCUT2D eigenvalue weighted by Crippen LogP contribution is -2.51. The average Bonchev–Trinajstić information content (AvgIpc) is 3.11. The van der Waals surface area contributed by atoms with Crippen LogP contribution < -0.4 is 10.1 Å². The number of amides is 1. The predicted molar refractivity (Wildman–Crippen MR) is 100 cm³/mol. The number of fused-ring (bicyclic) bond motifs is 2. The Morgan fingerprint density at radius 3 is 3.11 bits per heavy atom. The molecule has 0 radical (unpaired) electrons. The highest BCUT2D eigenvalue weighted by atomic mass is 16.5. The predicted octanol–water partition coefficient (Wildman–Crippen LogP) is 1.60. The molecule has 1 saturated carbocycles. The average molecular weight is 365 g/mol. The van der Waals surface area contributed by atoms with Gasteiger partial charge in [0.2, 0.25) is 0 Å². The maximum Gasteiger partial charge on any atom is 0.253 e. The van der Waals surface area contributed by atoms with Crippen LogP contribution in [0.15, 0.2) is 24.3 Å². The van der Waals surface area contributed by atoms with Gasteiger partial charge in [-0.25, -0.2) is 0 Å². The van der Waals surface area contributed by atoms with Crippen molar-refractivity contribution in [3.8, 4) is 5.75 Å². The SMILES string of the molecule is COc1ccc2nc3c(cc2c1)C(=O)N[C@H]1CN2[C@H](CCO)CCC24C[C@]314. The van der Waals surface area contributed by atoms with Crippen molar-refractivity contribution < 1.29 is 14.6 Å². The molecule has 2 aromatic rings. The van der Waals surface area contributed by atoms with Gasteiger partial charge in [0.1, 0.15) is 5.75 Å². The van der Waals surface area contributed by atoms with Crippen LogP contribution in [0.5, 0.6) is 5.75 Å². The van der Waals surface area contributed by atoms with Crippen LogP contribution in [0.4, 0.5) is 0 Å². The maximum atomic E-state index is 12.9. The number of aliphatic hydroxyl groups is 1. The Kier molecular flexibility index (Phi) is 2.93. The summed E-state index contributed by atoms with van der Waals surface area (Å²) in [5.74, 6) is 0.758. The quantitative estimate of drug-likeness (QED) is 0.864. The van der Waals surface area contributed by atoms with E-state index in [-0.39, 0.29) is 29.5 Å². The first-order valence-corrected chi connectivity index (χ1v) is 9.81. The van der Waals surface area contributed by atoms with Gasteiger partial charge in [0, 0.05) is 30.1 Å². The van der Waals surface area contributed by atoms with Crippen molar-refractivity contribution in [3.63, 3.8) is 0 Å². The van der Waals surface area contributed by atoms with E-state index in [0.717, 1.165) is 60.1 Å². The van der Waals surface area contributed by atoms with Gasteiger partial charge < -0.3 is 15.2 Å². The molecule has 1 amide bonds. The first kappa shape index (κ1) is 15.8. The normalized spacial score (nSPS) is 36.0. The van der Waals surface area contributed by atoms with Crippen LogP contribution in [-0.4, -0.2) is 58.8 Å². The second kappa shape index (κ2) is 5.00. The Hall–Kier alpha value is -2.18. The monoisotopic (exact) mass is 365 g/mol. The van der Waals surface area contributed by atoms with Gasteiger partial charge >= 0.3 is 0 Å². The molecule has 2 N–H and O–H groups in total. The van der Waals surface area contributed by atoms with Crippen LogP contribution in [0.25, 0.3) is 10.9 Å². The molecule has 1 aromatic heterocycles. The Labute approximate surface area is 157 Å². The van der Waals surface area contributed by atoms with Gasteiger partial charge in [-0.2, -0.15) is 0 Å². The lowest BCUT2D eigenvalue weighted by atomic mass is 9.82. The molecule has 3 aliphatic heterocycles. The van der Waals surface area contributed by atoms with Gasteiger partial charge in [-0.05, 0) is 49.9 Å². The number of nitrogens with zero attached hydrogens (tertiary/aromatic N) is 2. The Morgan fingerprint density at radius 1 is 1.41 bits per heavy atom. The summed E-state index contributed by atoms with van der Waals surface area (Å²) in [5, 5.41) is 13.7. The Balaban J connectivity index is 1.51. The molecule has 0 bridgehead atoms. The minimum Gasteiger partial charge on any atom is -0.497 e. The highest BCUT2D eigenvalue weighted by Gasteiger charge is 2.82. The lowest BCUT2D eigenvalue weighted by molar-refractivity contribution is 0.0907. The first-order valence-electron chi connectivity index (χ1n) is 9.81. The molecule has 140 valence electrons. The number of nitrogens with one attached hydrogen (secondary N) is 1. The number of carbonyl (C=O) groups excluding carboxylic acids is 1. The van der Waals surface area contributed by atoms with E-state index in [0.29, 0.717) is 6.04 Å². The lowest BCUT2D eigenvalue weighted by Gasteiger charge is -2.32. The van der Waals surface area contributed by atoms with E-state index < -0.39 is 0 Å². The van der Waals surface area contributed by atoms with Crippen molar-refractivity contribution in [2.24, 2.45) is 0 Å². The topological polar surface area (TPSA) is 74.7 Å². The van der Waals surface area contributed by atoms with E-state index in [1.807, 2.05) is 24.3 Å². The minimum absolute atomic E-state index is 0.0141. The summed E-state index contributed by atoms with van der Waals surface area (Å²) in [6, 6.07) is 8.38. The molecule has 1 unspecified atom stereocenters. The number of carbonyl (C=O) groups is 1. The zero-order chi connectivity index (χ0) is 18.4. The van der Waals surface area contributed by atoms with Crippen LogP contribution in [0.2, 0.25) is 0 Å². The van der Waals surface area contributed by atoms with Crippen molar-refractivity contribution in [2.75, 3.05) is 20.3 Å². The van der Waals surface area contributed by atoms with Crippen LogP contribution in [0, 0.1) is 0 Å². The molecule has 4 atom stereocenters. The molecule has 6 nitrogen and oxygen atoms in total. The number of hydrogen-bond acceptors (Lipinski definition) is 5. The third-order valence-electron chi connectivity index (χ3n) is 7.59. The van der Waals surface area contributed by atoms with Crippen molar-refractivity contribution in [2.45, 2.75) is 48.7 Å². The molecule has 6 rings (SSSR count). The number of hydrogen-bond donors (Lipinski definition) is 2. The van der Waals surface area contributed by atoms with E-state index in [9.17, 15) is 9.90 Å². The molecular weight excluding hydrogens is 342 g/mol. The number of aromatic nitrogens is 1. The minimum atomic E-state index is -0.0609. The van der Waals surface area contributed by atoms with E-state index in [2.05, 4.69) is 10.2 Å². The summed E-state index contributed by atoms with van der Waals surface area (Å²) in [7, 11) is 1.65. The Morgan fingerprint density at radius 2 is 2.30 bits per heavy atom. The number of piperidine rings is 1. The second-order valence-electron chi connectivity index (χ2n) is 8.51. The molecule has 2 spiro atoms. The number of ether oxygens (including phenoxy) is 1. The third kappa shape index (κ3) is 1.74. The van der Waals surface area contributed by atoms with E-state index in [1.165, 1.54) is 0 Å². The van der Waals surface area contributed by atoms with Gasteiger partial charge in [-0.15, -0.1) is 0 Å². The number of benzene rings is 1. The summed E-state index contributed by atoms with van der Waals surface area (Å²) in [6.07, 6.45) is 4.14. The van der Waals surface area contributed by atoms with Gasteiger partial charge in [0.25, 0.3) is 5.91 Å². The molecule has 3 fully saturated rings. The first-order chi connectivity index (χ1) is 13.1. The fraction of sp³-hybridized carbons (Fsp3) is 0.524. The summed E-state index contributed by atoms with van der Waals surface area (Å²) in [5.41, 5.74) is 2.68. The van der Waals surface area contributed by atoms with Crippen molar-refractivity contribution in [1.82, 2.24) is 15.2 Å². The summed E-state index contributed by atoms with van der Waals surface area (Å²) < 4.78 is 5.33. The number of methoxy groups -OCH3 is 1. The number of pyridine rings is 1. The van der Waals surface area contributed by atoms with E-state index in [1.54, 1.807) is 7.11 Å². The van der Waals surface area contributed by atoms with Gasteiger partial charge in [-0.1, -0.05) is 0 Å². The molecule has 1 aliphatic carbocycles. The van der Waals surface area contributed by atoms with Crippen molar-refractivity contribution in [3.05, 3.63) is 35.5 Å². The van der Waals surface area contributed by atoms with Crippen LogP contribution in [0.3, 0.4) is 0 Å². The highest BCUT2D eigenvalue weighted by molar-refractivity contribution is 6.01. The Bertz CT molecular complexity index is 992. The highest BCUT2D eigenvalue weighted by Crippen LogP contribution is 2.73. The molecule has 6 heteroatoms. The summed E-state index contributed by atoms with van der Waals surface area (Å²) in [6.45, 7) is 1.10. The van der Waals surface area contributed by atoms with E-state index >= 15 is 0 Å². The zero-order valence-electron chi connectivity index (χ0n) is 15.4. The maximum absolute atomic E-state index is 12.9. The van der Waals surface area contributed by atoms with Crippen LogP contribution in [-0.2, 0) is 5.41 Å². The number of aliphatic hydroxyl groups excluding tert-OH is 1. The fourth-order valence-corrected chi connectivity index (χ4v) is 6.38. The molecular formula is C21H23N3O3. The largest absolute Gasteiger partial charge is 0.497 e. The van der Waals surface area contributed by atoms with Crippen LogP contribution in [0.1, 0.15) is 41.7 Å². The molecule has 4 aliphatic rings. The smallest absolute Gasteiger partial charge is 0.253 e. The van der Waals surface area contributed by atoms with E-state index in [4.69, 9.17) is 9.72 Å². The molecule has 1 aromatic carbocycles. The van der Waals surface area contributed by atoms with Gasteiger partial charge in [0.15, 0.2) is 0 Å². The molecule has 2 saturated heterocycles. The van der Waals surface area contributed by atoms with Gasteiger partial charge in [-0.3, -0.25) is 14.7 Å². The van der Waals surface area contributed by atoms with Crippen molar-refractivity contribution >= 4 is 16.8 Å². The zero-order valence-corrected chi connectivity index (χ0v) is 15.4. The molecule has 27 heavy (non-hydrogen) atoms. The fourth-order valence-electron chi connectivity index (χ4n) is 6.38.